The Morgan fingerprint density at radius 1 is 1.07 bits per heavy atom. The van der Waals surface area contributed by atoms with Crippen LogP contribution in [0.4, 0.5) is 11.4 Å². The summed E-state index contributed by atoms with van der Waals surface area (Å²) in [6, 6.07) is 13.4. The van der Waals surface area contributed by atoms with Crippen LogP contribution in [0.25, 0.3) is 0 Å². The van der Waals surface area contributed by atoms with Gasteiger partial charge in [0, 0.05) is 36.8 Å². The molecule has 0 aromatic heterocycles. The van der Waals surface area contributed by atoms with Crippen LogP contribution in [0, 0.1) is 5.92 Å². The monoisotopic (exact) mass is 411 g/mol. The first kappa shape index (κ1) is 21.5. The number of piperidine rings is 1. The number of rotatable bonds is 8. The molecule has 0 spiro atoms. The van der Waals surface area contributed by atoms with Gasteiger partial charge in [0.1, 0.15) is 0 Å². The normalized spacial score (nSPS) is 14.3. The van der Waals surface area contributed by atoms with E-state index in [0.29, 0.717) is 24.3 Å². The predicted octanol–water partition coefficient (Wildman–Crippen LogP) is 2.98. The van der Waals surface area contributed by atoms with Crippen molar-refractivity contribution in [1.29, 1.82) is 0 Å². The number of aryl methyl sites for hydroxylation is 1. The smallest absolute Gasteiger partial charge is 0.224 e. The average Bonchev–Trinajstić information content (AvgIpc) is 2.77. The van der Waals surface area contributed by atoms with Gasteiger partial charge in [-0.2, -0.15) is 0 Å². The molecule has 0 bridgehead atoms. The number of anilines is 2. The van der Waals surface area contributed by atoms with Crippen molar-refractivity contribution in [2.45, 2.75) is 25.7 Å². The Morgan fingerprint density at radius 2 is 1.77 bits per heavy atom. The van der Waals surface area contributed by atoms with E-state index in [9.17, 15) is 9.59 Å². The number of amides is 2. The largest absolute Gasteiger partial charge is 0.493 e. The zero-order valence-corrected chi connectivity index (χ0v) is 17.5. The van der Waals surface area contributed by atoms with Gasteiger partial charge in [0.05, 0.1) is 14.2 Å². The number of carbonyl (C=O) groups excluding carboxylic acids is 2. The van der Waals surface area contributed by atoms with Crippen LogP contribution in [-0.2, 0) is 16.0 Å². The minimum Gasteiger partial charge on any atom is -0.493 e. The number of hydrogen-bond donors (Lipinski definition) is 2. The van der Waals surface area contributed by atoms with E-state index in [0.717, 1.165) is 42.9 Å². The highest BCUT2D eigenvalue weighted by atomic mass is 16.5. The molecule has 1 heterocycles. The number of nitrogens with zero attached hydrogens (tertiary/aromatic N) is 1. The second-order valence-electron chi connectivity index (χ2n) is 7.41. The van der Waals surface area contributed by atoms with E-state index >= 15 is 0 Å². The Bertz CT molecular complexity index is 875. The first-order chi connectivity index (χ1) is 14.5. The third kappa shape index (κ3) is 5.23. The number of para-hydroxylation sites is 1. The van der Waals surface area contributed by atoms with Crippen LogP contribution in [0.5, 0.6) is 11.5 Å². The van der Waals surface area contributed by atoms with E-state index in [-0.39, 0.29) is 17.7 Å². The molecule has 2 aromatic carbocycles. The number of nitrogens with one attached hydrogen (secondary N) is 1. The molecule has 0 radical (unpaired) electrons. The summed E-state index contributed by atoms with van der Waals surface area (Å²) < 4.78 is 10.7. The zero-order chi connectivity index (χ0) is 21.5. The molecule has 1 saturated heterocycles. The van der Waals surface area contributed by atoms with E-state index in [1.54, 1.807) is 14.2 Å². The van der Waals surface area contributed by atoms with Crippen LogP contribution in [0.1, 0.15) is 24.8 Å². The van der Waals surface area contributed by atoms with Crippen LogP contribution < -0.4 is 25.4 Å². The Hall–Kier alpha value is -3.22. The zero-order valence-electron chi connectivity index (χ0n) is 17.5. The number of primary amides is 1. The summed E-state index contributed by atoms with van der Waals surface area (Å²) in [5, 5.41) is 2.94. The second-order valence-corrected chi connectivity index (χ2v) is 7.41. The molecule has 0 aliphatic carbocycles. The van der Waals surface area contributed by atoms with Crippen LogP contribution in [0.3, 0.4) is 0 Å². The van der Waals surface area contributed by atoms with Gasteiger partial charge in [-0.3, -0.25) is 9.59 Å². The fourth-order valence-electron chi connectivity index (χ4n) is 3.80. The van der Waals surface area contributed by atoms with Gasteiger partial charge >= 0.3 is 0 Å². The highest BCUT2D eigenvalue weighted by Crippen LogP contribution is 2.31. The van der Waals surface area contributed by atoms with Gasteiger partial charge in [0.2, 0.25) is 11.8 Å². The second kappa shape index (κ2) is 10.0. The van der Waals surface area contributed by atoms with Crippen molar-refractivity contribution in [3.8, 4) is 11.5 Å². The summed E-state index contributed by atoms with van der Waals surface area (Å²) in [6.45, 7) is 1.61. The number of benzene rings is 2. The van der Waals surface area contributed by atoms with Crippen molar-refractivity contribution in [2.24, 2.45) is 11.7 Å². The van der Waals surface area contributed by atoms with Gasteiger partial charge < -0.3 is 25.4 Å². The summed E-state index contributed by atoms with van der Waals surface area (Å²) in [6.07, 6.45) is 2.45. The molecule has 2 aromatic rings. The maximum atomic E-state index is 12.4. The predicted molar refractivity (Wildman–Crippen MR) is 117 cm³/mol. The quantitative estimate of drug-likeness (QED) is 0.697. The Morgan fingerprint density at radius 3 is 2.37 bits per heavy atom. The lowest BCUT2D eigenvalue weighted by Crippen LogP contribution is -2.38. The van der Waals surface area contributed by atoms with Gasteiger partial charge in [0.25, 0.3) is 0 Å². The van der Waals surface area contributed by atoms with Gasteiger partial charge in [-0.15, -0.1) is 0 Å². The summed E-state index contributed by atoms with van der Waals surface area (Å²) in [5.41, 5.74) is 8.17. The average molecular weight is 412 g/mol. The molecule has 3 N–H and O–H groups in total. The van der Waals surface area contributed by atoms with Crippen molar-refractivity contribution in [3.05, 3.63) is 48.0 Å². The molecule has 7 nitrogen and oxygen atoms in total. The maximum absolute atomic E-state index is 12.4. The van der Waals surface area contributed by atoms with Crippen molar-refractivity contribution < 1.29 is 19.1 Å². The first-order valence-electron chi connectivity index (χ1n) is 10.2. The third-order valence-electron chi connectivity index (χ3n) is 5.52. The first-order valence-corrected chi connectivity index (χ1v) is 10.2. The Kier molecular flexibility index (Phi) is 7.17. The third-order valence-corrected chi connectivity index (χ3v) is 5.52. The molecule has 0 atom stereocenters. The molecule has 0 saturated carbocycles. The van der Waals surface area contributed by atoms with Gasteiger partial charge in [0.15, 0.2) is 11.5 Å². The minimum atomic E-state index is -0.209. The molecule has 160 valence electrons. The topological polar surface area (TPSA) is 93.9 Å². The van der Waals surface area contributed by atoms with Crippen molar-refractivity contribution >= 4 is 23.2 Å². The lowest BCUT2D eigenvalue weighted by atomic mass is 9.96. The van der Waals surface area contributed by atoms with Crippen molar-refractivity contribution in [1.82, 2.24) is 0 Å². The molecule has 1 aliphatic rings. The molecule has 30 heavy (non-hydrogen) atoms. The van der Waals surface area contributed by atoms with Crippen LogP contribution in [-0.4, -0.2) is 39.1 Å². The lowest BCUT2D eigenvalue weighted by Gasteiger charge is -2.32. The van der Waals surface area contributed by atoms with E-state index < -0.39 is 0 Å². The summed E-state index contributed by atoms with van der Waals surface area (Å²) in [5.74, 6) is 1.03. The number of hydrogen-bond acceptors (Lipinski definition) is 5. The molecule has 0 unspecified atom stereocenters. The van der Waals surface area contributed by atoms with E-state index in [1.807, 2.05) is 42.5 Å². The standard InChI is InChI=1S/C23H29N3O4/c1-29-20-5-3-4-16(22(20)30-2)6-11-21(27)25-18-7-9-19(10-8-18)26-14-12-17(13-15-26)23(24)28/h3-5,7-10,17H,6,11-15H2,1-2H3,(H2,24,28)(H,25,27). The van der Waals surface area contributed by atoms with Crippen molar-refractivity contribution in [3.63, 3.8) is 0 Å². The lowest BCUT2D eigenvalue weighted by molar-refractivity contribution is -0.122. The molecular weight excluding hydrogens is 382 g/mol. The van der Waals surface area contributed by atoms with Gasteiger partial charge in [-0.25, -0.2) is 0 Å². The molecular formula is C23H29N3O4. The van der Waals surface area contributed by atoms with E-state index in [2.05, 4.69) is 10.2 Å². The molecule has 1 aliphatic heterocycles. The highest BCUT2D eigenvalue weighted by molar-refractivity contribution is 5.91. The van der Waals surface area contributed by atoms with E-state index in [4.69, 9.17) is 15.2 Å². The number of methoxy groups -OCH3 is 2. The van der Waals surface area contributed by atoms with E-state index in [1.165, 1.54) is 0 Å². The summed E-state index contributed by atoms with van der Waals surface area (Å²) >= 11 is 0. The Labute approximate surface area is 177 Å². The minimum absolute atomic E-state index is 0.0250. The number of carbonyl (C=O) groups is 2. The SMILES string of the molecule is COc1cccc(CCC(=O)Nc2ccc(N3CCC(C(N)=O)CC3)cc2)c1OC. The summed E-state index contributed by atoms with van der Waals surface area (Å²) in [4.78, 5) is 25.9. The van der Waals surface area contributed by atoms with Crippen LogP contribution in [0.2, 0.25) is 0 Å². The number of nitrogens with two attached hydrogens (primary N) is 1. The van der Waals surface area contributed by atoms with Crippen LogP contribution in [0.15, 0.2) is 42.5 Å². The number of ether oxygens (including phenoxy) is 2. The van der Waals surface area contributed by atoms with Crippen LogP contribution >= 0.6 is 0 Å². The maximum Gasteiger partial charge on any atom is 0.224 e. The fourth-order valence-corrected chi connectivity index (χ4v) is 3.80. The molecule has 7 heteroatoms. The highest BCUT2D eigenvalue weighted by Gasteiger charge is 2.23. The Balaban J connectivity index is 1.52. The van der Waals surface area contributed by atoms with Gasteiger partial charge in [-0.1, -0.05) is 12.1 Å². The molecule has 2 amide bonds. The van der Waals surface area contributed by atoms with Crippen molar-refractivity contribution in [2.75, 3.05) is 37.5 Å². The summed E-state index contributed by atoms with van der Waals surface area (Å²) in [7, 11) is 3.19. The molecule has 1 fully saturated rings. The fraction of sp³-hybridized carbons (Fsp3) is 0.391. The molecule has 3 rings (SSSR count). The van der Waals surface area contributed by atoms with Gasteiger partial charge in [-0.05, 0) is 55.2 Å².